The van der Waals surface area contributed by atoms with E-state index in [0.717, 1.165) is 42.3 Å². The Morgan fingerprint density at radius 3 is 2.56 bits per heavy atom. The van der Waals surface area contributed by atoms with E-state index in [0.29, 0.717) is 18.7 Å². The molecular formula is C24H32N4O3S. The fourth-order valence-corrected chi connectivity index (χ4v) is 4.39. The van der Waals surface area contributed by atoms with Crippen molar-refractivity contribution in [3.63, 3.8) is 0 Å². The molecule has 2 amide bonds. The lowest BCUT2D eigenvalue weighted by atomic mass is 10.1. The first kappa shape index (κ1) is 24.1. The van der Waals surface area contributed by atoms with Crippen molar-refractivity contribution in [2.75, 3.05) is 69.5 Å². The molecule has 2 aromatic rings. The Labute approximate surface area is 194 Å². The molecule has 1 saturated heterocycles. The van der Waals surface area contributed by atoms with Gasteiger partial charge in [0.1, 0.15) is 0 Å². The number of anilines is 2. The number of hydrogen-bond donors (Lipinski definition) is 2. The number of aryl methyl sites for hydroxylation is 1. The fourth-order valence-electron chi connectivity index (χ4n) is 3.51. The van der Waals surface area contributed by atoms with Gasteiger partial charge in [-0.25, -0.2) is 0 Å². The molecule has 0 atom stereocenters. The molecule has 32 heavy (non-hydrogen) atoms. The van der Waals surface area contributed by atoms with Gasteiger partial charge in [-0.2, -0.15) is 0 Å². The quantitative estimate of drug-likeness (QED) is 0.447. The third kappa shape index (κ3) is 6.72. The molecule has 0 unspecified atom stereocenters. The predicted molar refractivity (Wildman–Crippen MR) is 131 cm³/mol. The van der Waals surface area contributed by atoms with Crippen LogP contribution in [0.15, 0.2) is 47.4 Å². The maximum Gasteiger partial charge on any atom is 0.256 e. The van der Waals surface area contributed by atoms with Crippen LogP contribution in [0.4, 0.5) is 11.4 Å². The summed E-state index contributed by atoms with van der Waals surface area (Å²) in [7, 11) is 3.74. The van der Waals surface area contributed by atoms with Gasteiger partial charge in [-0.15, -0.1) is 11.8 Å². The maximum absolute atomic E-state index is 13.0. The molecule has 1 fully saturated rings. The third-order valence-corrected chi connectivity index (χ3v) is 6.52. The van der Waals surface area contributed by atoms with Crippen LogP contribution in [0.25, 0.3) is 0 Å². The molecule has 1 aliphatic rings. The largest absolute Gasteiger partial charge is 0.383 e. The van der Waals surface area contributed by atoms with Gasteiger partial charge in [0, 0.05) is 56.1 Å². The normalized spacial score (nSPS) is 14.3. The number of piperazine rings is 1. The summed E-state index contributed by atoms with van der Waals surface area (Å²) in [5.41, 5.74) is 3.57. The zero-order valence-corrected chi connectivity index (χ0v) is 19.8. The molecule has 8 heteroatoms. The second-order valence-electron chi connectivity index (χ2n) is 7.87. The predicted octanol–water partition coefficient (Wildman–Crippen LogP) is 2.85. The number of rotatable bonds is 9. The monoisotopic (exact) mass is 456 g/mol. The van der Waals surface area contributed by atoms with Crippen molar-refractivity contribution >= 4 is 35.0 Å². The van der Waals surface area contributed by atoms with Gasteiger partial charge >= 0.3 is 0 Å². The first-order valence-electron chi connectivity index (χ1n) is 10.8. The molecule has 2 N–H and O–H groups in total. The standard InChI is InChI=1S/C24H32N4O3S/c1-18-16-19(28-13-11-27(2)12-14-28)8-9-21(18)26-24(30)20-6-4-5-7-22(20)32-17-23(29)25-10-15-31-3/h4-9,16H,10-15,17H2,1-3H3,(H,25,29)(H,26,30). The van der Waals surface area contributed by atoms with Crippen molar-refractivity contribution in [2.45, 2.75) is 11.8 Å². The molecule has 1 aliphatic heterocycles. The number of likely N-dealkylation sites (N-methyl/N-ethyl adjacent to an activating group) is 1. The van der Waals surface area contributed by atoms with Gasteiger partial charge in [0.15, 0.2) is 0 Å². The van der Waals surface area contributed by atoms with Crippen LogP contribution in [0.1, 0.15) is 15.9 Å². The summed E-state index contributed by atoms with van der Waals surface area (Å²) >= 11 is 1.35. The van der Waals surface area contributed by atoms with E-state index in [4.69, 9.17) is 4.74 Å². The Balaban J connectivity index is 1.62. The van der Waals surface area contributed by atoms with Crippen LogP contribution in [0, 0.1) is 6.92 Å². The van der Waals surface area contributed by atoms with Gasteiger partial charge in [0.05, 0.1) is 17.9 Å². The topological polar surface area (TPSA) is 73.9 Å². The summed E-state index contributed by atoms with van der Waals surface area (Å²) in [4.78, 5) is 30.5. The minimum Gasteiger partial charge on any atom is -0.383 e. The van der Waals surface area contributed by atoms with Crippen LogP contribution < -0.4 is 15.5 Å². The number of methoxy groups -OCH3 is 1. The molecule has 0 spiro atoms. The SMILES string of the molecule is COCCNC(=O)CSc1ccccc1C(=O)Nc1ccc(N2CCN(C)CC2)cc1C. The lowest BCUT2D eigenvalue weighted by Gasteiger charge is -2.34. The van der Waals surface area contributed by atoms with E-state index in [-0.39, 0.29) is 17.6 Å². The van der Waals surface area contributed by atoms with Crippen LogP contribution in [0.5, 0.6) is 0 Å². The van der Waals surface area contributed by atoms with Crippen molar-refractivity contribution < 1.29 is 14.3 Å². The third-order valence-electron chi connectivity index (χ3n) is 5.45. The lowest BCUT2D eigenvalue weighted by Crippen LogP contribution is -2.44. The van der Waals surface area contributed by atoms with Gasteiger partial charge in [-0.3, -0.25) is 9.59 Å². The summed E-state index contributed by atoms with van der Waals surface area (Å²) in [6.07, 6.45) is 0. The molecule has 172 valence electrons. The van der Waals surface area contributed by atoms with Crippen molar-refractivity contribution in [1.29, 1.82) is 0 Å². The van der Waals surface area contributed by atoms with Gasteiger partial charge < -0.3 is 25.2 Å². The Bertz CT molecular complexity index is 929. The Morgan fingerprint density at radius 2 is 1.84 bits per heavy atom. The van der Waals surface area contributed by atoms with Crippen LogP contribution >= 0.6 is 11.8 Å². The molecule has 2 aromatic carbocycles. The summed E-state index contributed by atoms with van der Waals surface area (Å²) in [5, 5.41) is 5.83. The van der Waals surface area contributed by atoms with Gasteiger partial charge in [-0.1, -0.05) is 12.1 Å². The second kappa shape index (κ2) is 11.9. The molecule has 0 bridgehead atoms. The number of thioether (sulfide) groups is 1. The number of ether oxygens (including phenoxy) is 1. The number of benzene rings is 2. The molecule has 0 aliphatic carbocycles. The van der Waals surface area contributed by atoms with Crippen LogP contribution in [0.3, 0.4) is 0 Å². The van der Waals surface area contributed by atoms with Gasteiger partial charge in [0.2, 0.25) is 5.91 Å². The zero-order chi connectivity index (χ0) is 22.9. The maximum atomic E-state index is 13.0. The van der Waals surface area contributed by atoms with Gasteiger partial charge in [-0.05, 0) is 49.9 Å². The average molecular weight is 457 g/mol. The van der Waals surface area contributed by atoms with E-state index >= 15 is 0 Å². The number of carbonyl (C=O) groups is 2. The Morgan fingerprint density at radius 1 is 1.09 bits per heavy atom. The Kier molecular flexibility index (Phi) is 8.96. The van der Waals surface area contributed by atoms with E-state index in [2.05, 4.69) is 39.6 Å². The first-order chi connectivity index (χ1) is 15.5. The van der Waals surface area contributed by atoms with Crippen molar-refractivity contribution in [1.82, 2.24) is 10.2 Å². The zero-order valence-electron chi connectivity index (χ0n) is 19.0. The number of nitrogens with zero attached hydrogens (tertiary/aromatic N) is 2. The number of carbonyl (C=O) groups excluding carboxylic acids is 2. The molecular weight excluding hydrogens is 424 g/mol. The highest BCUT2D eigenvalue weighted by Gasteiger charge is 2.17. The van der Waals surface area contributed by atoms with Crippen LogP contribution in [-0.4, -0.2) is 76.0 Å². The second-order valence-corrected chi connectivity index (χ2v) is 8.89. The molecule has 0 saturated carbocycles. The first-order valence-corrected chi connectivity index (χ1v) is 11.8. The number of nitrogens with one attached hydrogen (secondary N) is 2. The summed E-state index contributed by atoms with van der Waals surface area (Å²) in [6.45, 7) is 7.08. The molecule has 0 aromatic heterocycles. The van der Waals surface area contributed by atoms with E-state index < -0.39 is 0 Å². The molecule has 0 radical (unpaired) electrons. The fraction of sp³-hybridized carbons (Fsp3) is 0.417. The van der Waals surface area contributed by atoms with E-state index in [9.17, 15) is 9.59 Å². The average Bonchev–Trinajstić information content (AvgIpc) is 2.80. The summed E-state index contributed by atoms with van der Waals surface area (Å²) in [6, 6.07) is 13.5. The minimum atomic E-state index is -0.177. The number of amides is 2. The van der Waals surface area contributed by atoms with Crippen molar-refractivity contribution in [3.05, 3.63) is 53.6 Å². The van der Waals surface area contributed by atoms with Crippen LogP contribution in [-0.2, 0) is 9.53 Å². The van der Waals surface area contributed by atoms with E-state index in [1.54, 1.807) is 13.2 Å². The van der Waals surface area contributed by atoms with Crippen LogP contribution in [0.2, 0.25) is 0 Å². The van der Waals surface area contributed by atoms with E-state index in [1.165, 1.54) is 17.4 Å². The molecule has 3 rings (SSSR count). The smallest absolute Gasteiger partial charge is 0.256 e. The lowest BCUT2D eigenvalue weighted by molar-refractivity contribution is -0.118. The van der Waals surface area contributed by atoms with E-state index in [1.807, 2.05) is 31.2 Å². The van der Waals surface area contributed by atoms with Gasteiger partial charge in [0.25, 0.3) is 5.91 Å². The highest BCUT2D eigenvalue weighted by Crippen LogP contribution is 2.26. The highest BCUT2D eigenvalue weighted by atomic mass is 32.2. The summed E-state index contributed by atoms with van der Waals surface area (Å²) in [5.74, 6) is -0.0202. The Hall–Kier alpha value is -2.55. The van der Waals surface area contributed by atoms with Crippen molar-refractivity contribution in [2.24, 2.45) is 0 Å². The minimum absolute atomic E-state index is 0.0856. The molecule has 1 heterocycles. The summed E-state index contributed by atoms with van der Waals surface area (Å²) < 4.78 is 4.94. The highest BCUT2D eigenvalue weighted by molar-refractivity contribution is 8.00. The van der Waals surface area contributed by atoms with Crippen molar-refractivity contribution in [3.8, 4) is 0 Å². The molecule has 7 nitrogen and oxygen atoms in total. The number of hydrogen-bond acceptors (Lipinski definition) is 6.